The van der Waals surface area contributed by atoms with Gasteiger partial charge >= 0.3 is 11.0 Å². The van der Waals surface area contributed by atoms with Crippen LogP contribution in [0.3, 0.4) is 0 Å². The summed E-state index contributed by atoms with van der Waals surface area (Å²) in [6.07, 6.45) is -4.94. The van der Waals surface area contributed by atoms with Gasteiger partial charge in [0.2, 0.25) is 5.78 Å². The van der Waals surface area contributed by atoms with E-state index >= 15 is 0 Å². The van der Waals surface area contributed by atoms with Gasteiger partial charge in [-0.05, 0) is 34.1 Å². The van der Waals surface area contributed by atoms with Crippen molar-refractivity contribution in [3.05, 3.63) is 34.3 Å². The number of halogens is 7. The lowest BCUT2D eigenvalue weighted by Gasteiger charge is -2.14. The molecule has 0 spiro atoms. The molecule has 0 bridgehead atoms. The van der Waals surface area contributed by atoms with Gasteiger partial charge in [0.25, 0.3) is 0 Å². The van der Waals surface area contributed by atoms with E-state index in [9.17, 15) is 26.7 Å². The van der Waals surface area contributed by atoms with E-state index in [2.05, 4.69) is 0 Å². The van der Waals surface area contributed by atoms with Crippen LogP contribution in [0, 0.1) is 0 Å². The van der Waals surface area contributed by atoms with E-state index in [-0.39, 0.29) is 5.02 Å². The Morgan fingerprint density at radius 2 is 1.71 bits per heavy atom. The Balaban J connectivity index is 3.40. The van der Waals surface area contributed by atoms with Crippen LogP contribution < -0.4 is 0 Å². The van der Waals surface area contributed by atoms with Crippen molar-refractivity contribution in [3.8, 4) is 0 Å². The summed E-state index contributed by atoms with van der Waals surface area (Å²) in [4.78, 5) is 7.05. The maximum Gasteiger partial charge on any atom is 0.417 e. The number of hydrogen-bond acceptors (Lipinski definition) is 1. The molecule has 0 saturated carbocycles. The molecule has 0 unspecified atom stereocenters. The van der Waals surface area contributed by atoms with Gasteiger partial charge in [0.15, 0.2) is 0 Å². The van der Waals surface area contributed by atoms with Crippen molar-refractivity contribution >= 4 is 33.3 Å². The number of alkyl halides is 6. The first kappa shape index (κ1) is 14.4. The van der Waals surface area contributed by atoms with E-state index in [1.54, 1.807) is 15.9 Å². The lowest BCUT2D eigenvalue weighted by molar-refractivity contribution is -0.138. The summed E-state index contributed by atoms with van der Waals surface area (Å²) in [6, 6.07) is 1.97. The van der Waals surface area contributed by atoms with Crippen molar-refractivity contribution in [3.63, 3.8) is 0 Å². The third kappa shape index (κ3) is 3.38. The fraction of sp³-hybridized carbons (Fsp3) is 0.222. The average molecular weight is 337 g/mol. The topological polar surface area (TPSA) is 17.1 Å². The Hall–Kier alpha value is -0.690. The van der Waals surface area contributed by atoms with Crippen LogP contribution in [0.5, 0.6) is 0 Å². The highest BCUT2D eigenvalue weighted by atomic mass is 79.9. The van der Waals surface area contributed by atoms with Crippen LogP contribution in [0.25, 0.3) is 0 Å². The van der Waals surface area contributed by atoms with Crippen molar-refractivity contribution < 1.29 is 26.7 Å². The van der Waals surface area contributed by atoms with Gasteiger partial charge in [-0.15, -0.1) is 0 Å². The van der Waals surface area contributed by atoms with Crippen molar-refractivity contribution in [1.29, 1.82) is 0 Å². The molecule has 0 saturated heterocycles. The Kier molecular flexibility index (Phi) is 3.83. The molecule has 0 heterocycles. The van der Waals surface area contributed by atoms with Gasteiger partial charge in [-0.25, -0.2) is 0 Å². The average Bonchev–Trinajstić information content (AvgIpc) is 2.14. The van der Waals surface area contributed by atoms with Gasteiger partial charge in [0, 0.05) is 10.6 Å². The molecule has 94 valence electrons. The minimum Gasteiger partial charge on any atom is -0.286 e. The standard InChI is InChI=1S/C9H3BrClF5O/c10-8(12,13)7(17)5-2-1-4(11)3-6(5)9(14,15)16/h1-3H. The molecule has 1 nitrogen and oxygen atoms in total. The number of carbonyl (C=O) groups is 1. The van der Waals surface area contributed by atoms with Gasteiger partial charge in [0.05, 0.1) is 5.56 Å². The molecular weight excluding hydrogens is 334 g/mol. The fourth-order valence-electron chi connectivity index (χ4n) is 1.10. The summed E-state index contributed by atoms with van der Waals surface area (Å²) in [5, 5.41) is -0.299. The van der Waals surface area contributed by atoms with Gasteiger partial charge in [-0.1, -0.05) is 11.6 Å². The summed E-state index contributed by atoms with van der Waals surface area (Å²) >= 11 is 7.05. The van der Waals surface area contributed by atoms with Crippen molar-refractivity contribution in [2.45, 2.75) is 11.0 Å². The second kappa shape index (κ2) is 4.53. The van der Waals surface area contributed by atoms with E-state index < -0.39 is 27.9 Å². The number of ketones is 1. The second-order valence-corrected chi connectivity index (χ2v) is 4.45. The first-order chi connectivity index (χ1) is 7.53. The van der Waals surface area contributed by atoms with E-state index in [4.69, 9.17) is 11.6 Å². The maximum atomic E-state index is 12.6. The minimum absolute atomic E-state index is 0.299. The SMILES string of the molecule is O=C(c1ccc(Cl)cc1C(F)(F)F)C(F)(F)Br. The zero-order valence-electron chi connectivity index (χ0n) is 7.79. The molecule has 0 amide bonds. The predicted octanol–water partition coefficient (Wildman–Crippen LogP) is 4.53. The number of rotatable bonds is 2. The van der Waals surface area contributed by atoms with Gasteiger partial charge in [-0.3, -0.25) is 4.79 Å². The van der Waals surface area contributed by atoms with Gasteiger partial charge in [-0.2, -0.15) is 22.0 Å². The Morgan fingerprint density at radius 1 is 1.18 bits per heavy atom. The third-order valence-corrected chi connectivity index (χ3v) is 2.38. The normalized spacial score (nSPS) is 12.6. The van der Waals surface area contributed by atoms with Crippen molar-refractivity contribution in [1.82, 2.24) is 0 Å². The van der Waals surface area contributed by atoms with E-state index in [1.807, 2.05) is 0 Å². The van der Waals surface area contributed by atoms with Crippen LogP contribution >= 0.6 is 27.5 Å². The Morgan fingerprint density at radius 3 is 2.12 bits per heavy atom. The quantitative estimate of drug-likeness (QED) is 0.440. The maximum absolute atomic E-state index is 12.6. The highest BCUT2D eigenvalue weighted by Gasteiger charge is 2.42. The fourth-order valence-corrected chi connectivity index (χ4v) is 1.49. The van der Waals surface area contributed by atoms with Gasteiger partial charge < -0.3 is 0 Å². The molecular formula is C9H3BrClF5O. The smallest absolute Gasteiger partial charge is 0.286 e. The van der Waals surface area contributed by atoms with E-state index in [0.717, 1.165) is 6.07 Å². The summed E-state index contributed by atoms with van der Waals surface area (Å²) in [5.41, 5.74) is -2.63. The molecule has 0 aliphatic carbocycles. The largest absolute Gasteiger partial charge is 0.417 e. The number of benzene rings is 1. The van der Waals surface area contributed by atoms with Crippen LogP contribution in [0.1, 0.15) is 15.9 Å². The van der Waals surface area contributed by atoms with Crippen LogP contribution in [0.2, 0.25) is 5.02 Å². The number of carbonyl (C=O) groups excluding carboxylic acids is 1. The summed E-state index contributed by atoms with van der Waals surface area (Å²) in [7, 11) is 0. The predicted molar refractivity (Wildman–Crippen MR) is 54.7 cm³/mol. The molecule has 0 aromatic heterocycles. The molecule has 0 N–H and O–H groups in total. The molecule has 0 aliphatic heterocycles. The summed E-state index contributed by atoms with van der Waals surface area (Å²) in [5.74, 6) is -1.97. The van der Waals surface area contributed by atoms with Crippen LogP contribution in [-0.4, -0.2) is 10.6 Å². The summed E-state index contributed by atoms with van der Waals surface area (Å²) < 4.78 is 62.8. The lowest BCUT2D eigenvalue weighted by atomic mass is 10.0. The van der Waals surface area contributed by atoms with Crippen LogP contribution in [0.4, 0.5) is 22.0 Å². The molecule has 0 aliphatic rings. The lowest BCUT2D eigenvalue weighted by Crippen LogP contribution is -2.24. The minimum atomic E-state index is -4.94. The highest BCUT2D eigenvalue weighted by molar-refractivity contribution is 9.10. The molecule has 0 atom stereocenters. The number of Topliss-reactive ketones (excluding diaryl/α,β-unsaturated/α-hetero) is 1. The molecule has 8 heteroatoms. The summed E-state index contributed by atoms with van der Waals surface area (Å²) in [6.45, 7) is 0. The first-order valence-electron chi connectivity index (χ1n) is 4.02. The van der Waals surface area contributed by atoms with E-state index in [0.29, 0.717) is 12.1 Å². The van der Waals surface area contributed by atoms with Crippen LogP contribution in [0.15, 0.2) is 18.2 Å². The second-order valence-electron chi connectivity index (χ2n) is 3.01. The zero-order chi connectivity index (χ0) is 13.4. The first-order valence-corrected chi connectivity index (χ1v) is 5.19. The Labute approximate surface area is 106 Å². The zero-order valence-corrected chi connectivity index (χ0v) is 10.1. The molecule has 0 fully saturated rings. The third-order valence-electron chi connectivity index (χ3n) is 1.79. The molecule has 17 heavy (non-hydrogen) atoms. The monoisotopic (exact) mass is 336 g/mol. The highest BCUT2D eigenvalue weighted by Crippen LogP contribution is 2.37. The van der Waals surface area contributed by atoms with E-state index in [1.165, 1.54) is 0 Å². The molecule has 1 aromatic carbocycles. The molecule has 1 rings (SSSR count). The van der Waals surface area contributed by atoms with Crippen molar-refractivity contribution in [2.75, 3.05) is 0 Å². The number of hydrogen-bond donors (Lipinski definition) is 0. The molecule has 1 aromatic rings. The molecule has 0 radical (unpaired) electrons. The van der Waals surface area contributed by atoms with Crippen molar-refractivity contribution in [2.24, 2.45) is 0 Å². The van der Waals surface area contributed by atoms with Gasteiger partial charge in [0.1, 0.15) is 0 Å². The van der Waals surface area contributed by atoms with Crippen LogP contribution in [-0.2, 0) is 6.18 Å². The Bertz CT molecular complexity index is 452.